The average Bonchev–Trinajstić information content (AvgIpc) is 2.37. The SMILES string of the molecule is CC(CNC(C)C)CN1CCCC2CCCCC21. The van der Waals surface area contributed by atoms with E-state index < -0.39 is 0 Å². The van der Waals surface area contributed by atoms with Crippen LogP contribution in [0.3, 0.4) is 0 Å². The van der Waals surface area contributed by atoms with Gasteiger partial charge in [-0.2, -0.15) is 0 Å². The highest BCUT2D eigenvalue weighted by Gasteiger charge is 2.33. The van der Waals surface area contributed by atoms with Gasteiger partial charge in [0.15, 0.2) is 0 Å². The zero-order valence-corrected chi connectivity index (χ0v) is 12.6. The third-order valence-corrected chi connectivity index (χ3v) is 4.78. The van der Waals surface area contributed by atoms with E-state index in [0.717, 1.165) is 17.9 Å². The predicted molar refractivity (Wildman–Crippen MR) is 78.9 cm³/mol. The Bertz CT molecular complexity index is 237. The van der Waals surface area contributed by atoms with Crippen LogP contribution in [0.2, 0.25) is 0 Å². The van der Waals surface area contributed by atoms with Crippen LogP contribution in [0, 0.1) is 11.8 Å². The maximum Gasteiger partial charge on any atom is 0.0124 e. The molecule has 1 N–H and O–H groups in total. The highest BCUT2D eigenvalue weighted by Crippen LogP contribution is 2.35. The summed E-state index contributed by atoms with van der Waals surface area (Å²) in [4.78, 5) is 2.82. The quantitative estimate of drug-likeness (QED) is 0.808. The van der Waals surface area contributed by atoms with Crippen molar-refractivity contribution in [3.8, 4) is 0 Å². The number of piperidine rings is 1. The zero-order chi connectivity index (χ0) is 13.0. The second-order valence-corrected chi connectivity index (χ2v) is 6.92. The molecular formula is C16H32N2. The molecule has 3 atom stereocenters. The number of rotatable bonds is 5. The zero-order valence-electron chi connectivity index (χ0n) is 12.6. The third kappa shape index (κ3) is 3.96. The largest absolute Gasteiger partial charge is 0.314 e. The van der Waals surface area contributed by atoms with E-state index in [1.54, 1.807) is 0 Å². The van der Waals surface area contributed by atoms with Gasteiger partial charge in [0.1, 0.15) is 0 Å². The van der Waals surface area contributed by atoms with Crippen LogP contribution in [0.25, 0.3) is 0 Å². The molecule has 2 nitrogen and oxygen atoms in total. The lowest BCUT2D eigenvalue weighted by atomic mass is 9.78. The summed E-state index contributed by atoms with van der Waals surface area (Å²) in [5, 5.41) is 3.58. The van der Waals surface area contributed by atoms with E-state index in [4.69, 9.17) is 0 Å². The Labute approximate surface area is 114 Å². The molecule has 0 aromatic rings. The first kappa shape index (κ1) is 14.3. The van der Waals surface area contributed by atoms with Crippen molar-refractivity contribution in [1.29, 1.82) is 0 Å². The first-order chi connectivity index (χ1) is 8.66. The Hall–Kier alpha value is -0.0800. The van der Waals surface area contributed by atoms with E-state index in [-0.39, 0.29) is 0 Å². The summed E-state index contributed by atoms with van der Waals surface area (Å²) in [6, 6.07) is 1.55. The van der Waals surface area contributed by atoms with E-state index in [9.17, 15) is 0 Å². The van der Waals surface area contributed by atoms with Gasteiger partial charge in [0.2, 0.25) is 0 Å². The number of nitrogens with one attached hydrogen (secondary N) is 1. The topological polar surface area (TPSA) is 15.3 Å². The van der Waals surface area contributed by atoms with Gasteiger partial charge in [-0.05, 0) is 50.6 Å². The van der Waals surface area contributed by atoms with E-state index in [2.05, 4.69) is 31.0 Å². The fourth-order valence-corrected chi connectivity index (χ4v) is 3.86. The third-order valence-electron chi connectivity index (χ3n) is 4.78. The van der Waals surface area contributed by atoms with E-state index in [1.165, 1.54) is 58.2 Å². The minimum absolute atomic E-state index is 0.622. The minimum Gasteiger partial charge on any atom is -0.314 e. The van der Waals surface area contributed by atoms with Crippen LogP contribution in [0.5, 0.6) is 0 Å². The Morgan fingerprint density at radius 1 is 1.06 bits per heavy atom. The highest BCUT2D eigenvalue weighted by molar-refractivity contribution is 4.88. The molecule has 0 aromatic carbocycles. The molecule has 0 amide bonds. The molecule has 0 radical (unpaired) electrons. The average molecular weight is 252 g/mol. The van der Waals surface area contributed by atoms with Crippen molar-refractivity contribution in [3.05, 3.63) is 0 Å². The van der Waals surface area contributed by atoms with Crippen LogP contribution < -0.4 is 5.32 Å². The van der Waals surface area contributed by atoms with Gasteiger partial charge in [0.05, 0.1) is 0 Å². The Kier molecular flexibility index (Phi) is 5.50. The summed E-state index contributed by atoms with van der Waals surface area (Å²) >= 11 is 0. The van der Waals surface area contributed by atoms with Crippen molar-refractivity contribution in [2.45, 2.75) is 71.4 Å². The van der Waals surface area contributed by atoms with Gasteiger partial charge in [0.25, 0.3) is 0 Å². The summed E-state index contributed by atoms with van der Waals surface area (Å²) in [5.74, 6) is 1.81. The number of hydrogen-bond acceptors (Lipinski definition) is 2. The van der Waals surface area contributed by atoms with E-state index >= 15 is 0 Å². The molecule has 0 aromatic heterocycles. The summed E-state index contributed by atoms with van der Waals surface area (Å²) in [5.41, 5.74) is 0. The van der Waals surface area contributed by atoms with Crippen molar-refractivity contribution in [3.63, 3.8) is 0 Å². The molecule has 1 aliphatic carbocycles. The Balaban J connectivity index is 1.79. The molecule has 2 rings (SSSR count). The maximum atomic E-state index is 3.58. The fourth-order valence-electron chi connectivity index (χ4n) is 3.86. The molecule has 3 unspecified atom stereocenters. The van der Waals surface area contributed by atoms with Gasteiger partial charge in [-0.1, -0.05) is 33.6 Å². The lowest BCUT2D eigenvalue weighted by Crippen LogP contribution is -2.49. The molecule has 1 saturated carbocycles. The first-order valence-corrected chi connectivity index (χ1v) is 8.14. The summed E-state index contributed by atoms with van der Waals surface area (Å²) in [7, 11) is 0. The van der Waals surface area contributed by atoms with Crippen LogP contribution >= 0.6 is 0 Å². The lowest BCUT2D eigenvalue weighted by molar-refractivity contribution is 0.0498. The normalized spacial score (nSPS) is 31.3. The highest BCUT2D eigenvalue weighted by atomic mass is 15.2. The molecule has 2 heteroatoms. The maximum absolute atomic E-state index is 3.58. The number of hydrogen-bond donors (Lipinski definition) is 1. The van der Waals surface area contributed by atoms with Crippen LogP contribution in [0.1, 0.15) is 59.3 Å². The summed E-state index contributed by atoms with van der Waals surface area (Å²) in [6.07, 6.45) is 8.86. The number of likely N-dealkylation sites (tertiary alicyclic amines) is 1. The molecule has 2 fully saturated rings. The first-order valence-electron chi connectivity index (χ1n) is 8.14. The molecule has 1 heterocycles. The van der Waals surface area contributed by atoms with Crippen LogP contribution in [0.15, 0.2) is 0 Å². The molecule has 0 bridgehead atoms. The van der Waals surface area contributed by atoms with Gasteiger partial charge >= 0.3 is 0 Å². The molecule has 18 heavy (non-hydrogen) atoms. The molecule has 1 aliphatic heterocycles. The van der Waals surface area contributed by atoms with Gasteiger partial charge < -0.3 is 5.32 Å². The van der Waals surface area contributed by atoms with Crippen LogP contribution in [0.4, 0.5) is 0 Å². The Morgan fingerprint density at radius 3 is 2.56 bits per heavy atom. The molecule has 106 valence electrons. The molecule has 1 saturated heterocycles. The van der Waals surface area contributed by atoms with Gasteiger partial charge in [-0.15, -0.1) is 0 Å². The molecular weight excluding hydrogens is 220 g/mol. The predicted octanol–water partition coefficient (Wildman–Crippen LogP) is 3.28. The standard InChI is InChI=1S/C16H32N2/c1-13(2)17-11-14(3)12-18-10-6-8-15-7-4-5-9-16(15)18/h13-17H,4-12H2,1-3H3. The smallest absolute Gasteiger partial charge is 0.0124 e. The monoisotopic (exact) mass is 252 g/mol. The van der Waals surface area contributed by atoms with Crippen molar-refractivity contribution >= 4 is 0 Å². The summed E-state index contributed by atoms with van der Waals surface area (Å²) < 4.78 is 0. The van der Waals surface area contributed by atoms with Gasteiger partial charge in [0, 0.05) is 18.6 Å². The van der Waals surface area contributed by atoms with Crippen molar-refractivity contribution in [2.75, 3.05) is 19.6 Å². The second-order valence-electron chi connectivity index (χ2n) is 6.92. The van der Waals surface area contributed by atoms with Crippen molar-refractivity contribution in [2.24, 2.45) is 11.8 Å². The molecule has 0 spiro atoms. The van der Waals surface area contributed by atoms with Crippen LogP contribution in [-0.4, -0.2) is 36.6 Å². The summed E-state index contributed by atoms with van der Waals surface area (Å²) in [6.45, 7) is 10.7. The number of fused-ring (bicyclic) bond motifs is 1. The van der Waals surface area contributed by atoms with Crippen LogP contribution in [-0.2, 0) is 0 Å². The lowest BCUT2D eigenvalue weighted by Gasteiger charge is -2.45. The second kappa shape index (κ2) is 6.91. The minimum atomic E-state index is 0.622. The van der Waals surface area contributed by atoms with Gasteiger partial charge in [-0.3, -0.25) is 4.90 Å². The van der Waals surface area contributed by atoms with Crippen molar-refractivity contribution in [1.82, 2.24) is 10.2 Å². The fraction of sp³-hybridized carbons (Fsp3) is 1.00. The van der Waals surface area contributed by atoms with Gasteiger partial charge in [-0.25, -0.2) is 0 Å². The van der Waals surface area contributed by atoms with Crippen molar-refractivity contribution < 1.29 is 0 Å². The Morgan fingerprint density at radius 2 is 1.78 bits per heavy atom. The van der Waals surface area contributed by atoms with E-state index in [0.29, 0.717) is 6.04 Å². The van der Waals surface area contributed by atoms with E-state index in [1.807, 2.05) is 0 Å². The molecule has 2 aliphatic rings. The number of nitrogens with zero attached hydrogens (tertiary/aromatic N) is 1.